The summed E-state index contributed by atoms with van der Waals surface area (Å²) in [5, 5.41) is 15.6. The molecule has 3 aromatic heterocycles. The van der Waals surface area contributed by atoms with E-state index in [0.717, 1.165) is 48.5 Å². The molecule has 4 heterocycles. The van der Waals surface area contributed by atoms with Gasteiger partial charge in [-0.1, -0.05) is 5.16 Å². The Bertz CT molecular complexity index is 945. The van der Waals surface area contributed by atoms with Crippen LogP contribution >= 0.6 is 0 Å². The zero-order valence-electron chi connectivity index (χ0n) is 16.1. The number of aromatic nitrogens is 6. The summed E-state index contributed by atoms with van der Waals surface area (Å²) in [5.74, 6) is 2.47. The molecule has 0 saturated heterocycles. The van der Waals surface area contributed by atoms with E-state index in [1.165, 1.54) is 0 Å². The molecule has 0 aromatic carbocycles. The van der Waals surface area contributed by atoms with Crippen LogP contribution in [-0.4, -0.2) is 42.3 Å². The van der Waals surface area contributed by atoms with Crippen LogP contribution in [0.15, 0.2) is 23.1 Å². The van der Waals surface area contributed by atoms with E-state index in [2.05, 4.69) is 35.2 Å². The van der Waals surface area contributed by atoms with Crippen LogP contribution in [0.3, 0.4) is 0 Å². The first kappa shape index (κ1) is 18.3. The van der Waals surface area contributed by atoms with Gasteiger partial charge in [0.25, 0.3) is 0 Å². The molecular formula is C19H23N7O2. The fourth-order valence-electron chi connectivity index (χ4n) is 3.67. The maximum absolute atomic E-state index is 12.7. The van der Waals surface area contributed by atoms with Gasteiger partial charge in [0, 0.05) is 43.4 Å². The first-order chi connectivity index (χ1) is 13.6. The number of carbonyl (C=O) groups excluding carboxylic acids is 1. The number of aryl methyl sites for hydroxylation is 3. The van der Waals surface area contributed by atoms with Crippen molar-refractivity contribution in [2.75, 3.05) is 6.54 Å². The Hall–Kier alpha value is -3.10. The summed E-state index contributed by atoms with van der Waals surface area (Å²) in [6, 6.07) is 0. The zero-order valence-corrected chi connectivity index (χ0v) is 16.1. The summed E-state index contributed by atoms with van der Waals surface area (Å²) in [7, 11) is 0. The Morgan fingerprint density at radius 3 is 2.93 bits per heavy atom. The minimum absolute atomic E-state index is 0.0407. The van der Waals surface area contributed by atoms with Crippen LogP contribution in [0.1, 0.15) is 35.7 Å². The third kappa shape index (κ3) is 3.64. The molecule has 0 aliphatic carbocycles. The first-order valence-corrected chi connectivity index (χ1v) is 9.51. The minimum atomic E-state index is -0.0407. The highest BCUT2D eigenvalue weighted by atomic mass is 16.5. The summed E-state index contributed by atoms with van der Waals surface area (Å²) in [6.07, 6.45) is 7.90. The van der Waals surface area contributed by atoms with Crippen LogP contribution in [0.2, 0.25) is 0 Å². The molecule has 1 atom stereocenters. The molecule has 0 spiro atoms. The SMILES string of the molecule is Cc1noc(C)c1CCNC(=O)C1CCc2nnc(-c3cnccn3)n2CC1. The lowest BCUT2D eigenvalue weighted by molar-refractivity contribution is -0.125. The van der Waals surface area contributed by atoms with Gasteiger partial charge in [0.1, 0.15) is 17.3 Å². The predicted molar refractivity (Wildman–Crippen MR) is 100 cm³/mol. The monoisotopic (exact) mass is 381 g/mol. The lowest BCUT2D eigenvalue weighted by atomic mass is 9.99. The van der Waals surface area contributed by atoms with Gasteiger partial charge in [0.15, 0.2) is 5.82 Å². The van der Waals surface area contributed by atoms with Crippen molar-refractivity contribution in [1.29, 1.82) is 0 Å². The Kier molecular flexibility index (Phi) is 5.14. The van der Waals surface area contributed by atoms with Gasteiger partial charge in [-0.25, -0.2) is 4.98 Å². The molecule has 0 bridgehead atoms. The van der Waals surface area contributed by atoms with Gasteiger partial charge in [0.05, 0.1) is 11.9 Å². The maximum Gasteiger partial charge on any atom is 0.223 e. The lowest BCUT2D eigenvalue weighted by Crippen LogP contribution is -2.32. The van der Waals surface area contributed by atoms with E-state index in [9.17, 15) is 4.79 Å². The van der Waals surface area contributed by atoms with Gasteiger partial charge in [-0.15, -0.1) is 10.2 Å². The summed E-state index contributed by atoms with van der Waals surface area (Å²) >= 11 is 0. The van der Waals surface area contributed by atoms with Crippen LogP contribution in [0.25, 0.3) is 11.5 Å². The fourth-order valence-corrected chi connectivity index (χ4v) is 3.67. The third-order valence-electron chi connectivity index (χ3n) is 5.26. The summed E-state index contributed by atoms with van der Waals surface area (Å²) in [4.78, 5) is 21.1. The standard InChI is InChI=1S/C19H23N7O2/c1-12-15(13(2)28-25-12)5-7-22-19(27)14-3-4-17-23-24-18(26(17)10-6-14)16-11-20-8-9-21-16/h8-9,11,14H,3-7,10H2,1-2H3,(H,22,27). The molecule has 9 nitrogen and oxygen atoms in total. The molecule has 3 aromatic rings. The van der Waals surface area contributed by atoms with E-state index in [1.807, 2.05) is 13.8 Å². The number of hydrogen-bond donors (Lipinski definition) is 1. The maximum atomic E-state index is 12.7. The Morgan fingerprint density at radius 1 is 1.29 bits per heavy atom. The fraction of sp³-hybridized carbons (Fsp3) is 0.474. The van der Waals surface area contributed by atoms with E-state index in [-0.39, 0.29) is 11.8 Å². The Balaban J connectivity index is 1.36. The molecule has 1 unspecified atom stereocenters. The van der Waals surface area contributed by atoms with Crippen molar-refractivity contribution in [3.05, 3.63) is 41.4 Å². The minimum Gasteiger partial charge on any atom is -0.361 e. The first-order valence-electron chi connectivity index (χ1n) is 9.51. The number of carbonyl (C=O) groups is 1. The number of nitrogens with one attached hydrogen (secondary N) is 1. The van der Waals surface area contributed by atoms with Gasteiger partial charge in [-0.3, -0.25) is 9.78 Å². The smallest absolute Gasteiger partial charge is 0.223 e. The zero-order chi connectivity index (χ0) is 19.5. The molecule has 9 heteroatoms. The van der Waals surface area contributed by atoms with E-state index in [1.54, 1.807) is 18.6 Å². The highest BCUT2D eigenvalue weighted by molar-refractivity contribution is 5.78. The Labute approximate surface area is 162 Å². The number of nitrogens with zero attached hydrogens (tertiary/aromatic N) is 6. The van der Waals surface area contributed by atoms with Crippen molar-refractivity contribution in [2.24, 2.45) is 5.92 Å². The molecule has 4 rings (SSSR count). The highest BCUT2D eigenvalue weighted by Crippen LogP contribution is 2.24. The normalized spacial score (nSPS) is 16.4. The molecule has 28 heavy (non-hydrogen) atoms. The number of hydrogen-bond acceptors (Lipinski definition) is 7. The molecule has 0 radical (unpaired) electrons. The second-order valence-electron chi connectivity index (χ2n) is 7.05. The number of rotatable bonds is 5. The van der Waals surface area contributed by atoms with Crippen molar-refractivity contribution in [3.63, 3.8) is 0 Å². The van der Waals surface area contributed by atoms with Crippen LogP contribution in [0, 0.1) is 19.8 Å². The summed E-state index contributed by atoms with van der Waals surface area (Å²) < 4.78 is 7.23. The Morgan fingerprint density at radius 2 is 2.18 bits per heavy atom. The second-order valence-corrected chi connectivity index (χ2v) is 7.05. The number of fused-ring (bicyclic) bond motifs is 1. The van der Waals surface area contributed by atoms with E-state index in [4.69, 9.17) is 4.52 Å². The van der Waals surface area contributed by atoms with E-state index < -0.39 is 0 Å². The molecule has 1 amide bonds. The van der Waals surface area contributed by atoms with Crippen molar-refractivity contribution in [2.45, 2.75) is 46.1 Å². The summed E-state index contributed by atoms with van der Waals surface area (Å²) in [6.45, 7) is 5.08. The van der Waals surface area contributed by atoms with Crippen molar-refractivity contribution in [1.82, 2.24) is 35.2 Å². The molecule has 146 valence electrons. The van der Waals surface area contributed by atoms with Gasteiger partial charge in [0.2, 0.25) is 5.91 Å². The molecule has 0 saturated carbocycles. The molecule has 1 N–H and O–H groups in total. The van der Waals surface area contributed by atoms with E-state index in [0.29, 0.717) is 24.6 Å². The quantitative estimate of drug-likeness (QED) is 0.715. The van der Waals surface area contributed by atoms with Crippen LogP contribution in [0.5, 0.6) is 0 Å². The van der Waals surface area contributed by atoms with Crippen molar-refractivity contribution < 1.29 is 9.32 Å². The van der Waals surface area contributed by atoms with Gasteiger partial charge >= 0.3 is 0 Å². The van der Waals surface area contributed by atoms with Crippen LogP contribution in [0.4, 0.5) is 0 Å². The van der Waals surface area contributed by atoms with Crippen molar-refractivity contribution >= 4 is 5.91 Å². The molecule has 1 aliphatic heterocycles. The second kappa shape index (κ2) is 7.87. The average molecular weight is 381 g/mol. The van der Waals surface area contributed by atoms with Crippen molar-refractivity contribution in [3.8, 4) is 11.5 Å². The third-order valence-corrected chi connectivity index (χ3v) is 5.26. The number of amides is 1. The highest BCUT2D eigenvalue weighted by Gasteiger charge is 2.25. The molecular weight excluding hydrogens is 358 g/mol. The molecule has 1 aliphatic rings. The lowest BCUT2D eigenvalue weighted by Gasteiger charge is -2.14. The van der Waals surface area contributed by atoms with Crippen LogP contribution in [-0.2, 0) is 24.2 Å². The molecule has 0 fully saturated rings. The largest absolute Gasteiger partial charge is 0.361 e. The average Bonchev–Trinajstić information content (AvgIpc) is 3.18. The van der Waals surface area contributed by atoms with E-state index >= 15 is 0 Å². The van der Waals surface area contributed by atoms with Gasteiger partial charge in [-0.05, 0) is 33.1 Å². The topological polar surface area (TPSA) is 112 Å². The van der Waals surface area contributed by atoms with Gasteiger partial charge < -0.3 is 14.4 Å². The van der Waals surface area contributed by atoms with Gasteiger partial charge in [-0.2, -0.15) is 0 Å². The predicted octanol–water partition coefficient (Wildman–Crippen LogP) is 1.65. The van der Waals surface area contributed by atoms with Crippen LogP contribution < -0.4 is 5.32 Å². The summed E-state index contributed by atoms with van der Waals surface area (Å²) in [5.41, 5.74) is 2.65.